The minimum atomic E-state index is -0.0940. The minimum Gasteiger partial charge on any atom is -0.381 e. The van der Waals surface area contributed by atoms with Crippen molar-refractivity contribution in [2.24, 2.45) is 5.92 Å². The van der Waals surface area contributed by atoms with Crippen LogP contribution in [-0.4, -0.2) is 69.1 Å². The van der Waals surface area contributed by atoms with Gasteiger partial charge in [0.25, 0.3) is 0 Å². The highest BCUT2D eigenvalue weighted by molar-refractivity contribution is 5.73. The molecule has 128 valence electrons. The number of rotatable bonds is 9. The topological polar surface area (TPSA) is 62.8 Å². The van der Waals surface area contributed by atoms with E-state index >= 15 is 0 Å². The fourth-order valence-corrected chi connectivity index (χ4v) is 2.55. The summed E-state index contributed by atoms with van der Waals surface area (Å²) in [5.41, 5.74) is -0.0471. The molecule has 0 atom stereocenters. The van der Waals surface area contributed by atoms with E-state index in [4.69, 9.17) is 9.47 Å². The Bertz CT molecular complexity index is 340. The predicted molar refractivity (Wildman–Crippen MR) is 86.0 cm³/mol. The molecule has 6 nitrogen and oxygen atoms in total. The zero-order valence-corrected chi connectivity index (χ0v) is 14.0. The standard InChI is InChI=1S/C16H31N3O3/c1-16(2,19-7-10-21-11-8-19)13-18-15(20)17-6-3-9-22-12-14-4-5-14/h14H,3-13H2,1-2H3,(H2,17,18,20). The number of morpholine rings is 1. The lowest BCUT2D eigenvalue weighted by Gasteiger charge is -2.40. The first kappa shape index (κ1) is 17.5. The summed E-state index contributed by atoms with van der Waals surface area (Å²) in [5, 5.41) is 5.85. The fraction of sp³-hybridized carbons (Fsp3) is 0.938. The Morgan fingerprint density at radius 2 is 2.00 bits per heavy atom. The highest BCUT2D eigenvalue weighted by atomic mass is 16.5. The van der Waals surface area contributed by atoms with Gasteiger partial charge >= 0.3 is 6.03 Å². The number of hydrogen-bond acceptors (Lipinski definition) is 4. The van der Waals surface area contributed by atoms with Crippen LogP contribution in [0.4, 0.5) is 4.79 Å². The maximum atomic E-state index is 11.8. The third-order valence-corrected chi connectivity index (χ3v) is 4.35. The van der Waals surface area contributed by atoms with Gasteiger partial charge in [0, 0.05) is 44.9 Å². The molecule has 22 heavy (non-hydrogen) atoms. The molecule has 1 saturated heterocycles. The molecule has 0 aromatic heterocycles. The van der Waals surface area contributed by atoms with Crippen LogP contribution in [-0.2, 0) is 9.47 Å². The summed E-state index contributed by atoms with van der Waals surface area (Å²) >= 11 is 0. The molecular formula is C16H31N3O3. The van der Waals surface area contributed by atoms with E-state index in [1.165, 1.54) is 12.8 Å². The molecule has 0 radical (unpaired) electrons. The lowest BCUT2D eigenvalue weighted by molar-refractivity contribution is -0.00874. The van der Waals surface area contributed by atoms with Gasteiger partial charge in [0.1, 0.15) is 0 Å². The SMILES string of the molecule is CC(C)(CNC(=O)NCCCOCC1CC1)N1CCOCC1. The van der Waals surface area contributed by atoms with Crippen molar-refractivity contribution in [1.29, 1.82) is 0 Å². The molecule has 2 aliphatic rings. The van der Waals surface area contributed by atoms with Crippen LogP contribution in [0.1, 0.15) is 33.1 Å². The highest BCUT2D eigenvalue weighted by Gasteiger charge is 2.28. The molecule has 2 N–H and O–H groups in total. The molecular weight excluding hydrogens is 282 g/mol. The average molecular weight is 313 g/mol. The average Bonchev–Trinajstić information content (AvgIpc) is 3.34. The third kappa shape index (κ3) is 6.50. The van der Waals surface area contributed by atoms with Crippen LogP contribution < -0.4 is 10.6 Å². The molecule has 1 saturated carbocycles. The van der Waals surface area contributed by atoms with E-state index in [0.29, 0.717) is 13.1 Å². The van der Waals surface area contributed by atoms with Crippen molar-refractivity contribution in [3.8, 4) is 0 Å². The normalized spacial score (nSPS) is 19.9. The lowest BCUT2D eigenvalue weighted by atomic mass is 10.0. The first-order chi connectivity index (χ1) is 10.6. The van der Waals surface area contributed by atoms with Crippen LogP contribution in [0.25, 0.3) is 0 Å². The van der Waals surface area contributed by atoms with E-state index in [9.17, 15) is 4.79 Å². The highest BCUT2D eigenvalue weighted by Crippen LogP contribution is 2.28. The summed E-state index contributed by atoms with van der Waals surface area (Å²) in [6.45, 7) is 10.6. The van der Waals surface area contributed by atoms with Crippen molar-refractivity contribution in [3.05, 3.63) is 0 Å². The Hall–Kier alpha value is -0.850. The Morgan fingerprint density at radius 1 is 1.27 bits per heavy atom. The summed E-state index contributed by atoms with van der Waals surface area (Å²) in [7, 11) is 0. The summed E-state index contributed by atoms with van der Waals surface area (Å²) in [6.07, 6.45) is 3.51. The number of carbonyl (C=O) groups is 1. The van der Waals surface area contributed by atoms with Crippen molar-refractivity contribution in [2.45, 2.75) is 38.6 Å². The largest absolute Gasteiger partial charge is 0.381 e. The summed E-state index contributed by atoms with van der Waals surface area (Å²) in [4.78, 5) is 14.2. The summed E-state index contributed by atoms with van der Waals surface area (Å²) in [5.74, 6) is 0.804. The van der Waals surface area contributed by atoms with Crippen LogP contribution in [0.3, 0.4) is 0 Å². The van der Waals surface area contributed by atoms with E-state index in [2.05, 4.69) is 29.4 Å². The molecule has 1 aliphatic heterocycles. The van der Waals surface area contributed by atoms with E-state index in [1.807, 2.05) is 0 Å². The van der Waals surface area contributed by atoms with E-state index < -0.39 is 0 Å². The van der Waals surface area contributed by atoms with Crippen molar-refractivity contribution < 1.29 is 14.3 Å². The number of urea groups is 1. The Kier molecular flexibility index (Phi) is 6.92. The van der Waals surface area contributed by atoms with Gasteiger partial charge < -0.3 is 20.1 Å². The number of nitrogens with zero attached hydrogens (tertiary/aromatic N) is 1. The van der Waals surface area contributed by atoms with Gasteiger partial charge in [-0.05, 0) is 39.0 Å². The molecule has 2 rings (SSSR count). The molecule has 0 spiro atoms. The van der Waals surface area contributed by atoms with E-state index in [1.54, 1.807) is 0 Å². The molecule has 2 amide bonds. The first-order valence-corrected chi connectivity index (χ1v) is 8.50. The van der Waals surface area contributed by atoms with Crippen LogP contribution in [0.5, 0.6) is 0 Å². The smallest absolute Gasteiger partial charge is 0.314 e. The number of ether oxygens (including phenoxy) is 2. The molecule has 1 aliphatic carbocycles. The summed E-state index contributed by atoms with van der Waals surface area (Å²) in [6, 6.07) is -0.0940. The van der Waals surface area contributed by atoms with Gasteiger partial charge in [-0.25, -0.2) is 4.79 Å². The number of nitrogens with one attached hydrogen (secondary N) is 2. The fourth-order valence-electron chi connectivity index (χ4n) is 2.55. The van der Waals surface area contributed by atoms with Crippen LogP contribution in [0.2, 0.25) is 0 Å². The Labute approximate surface area is 133 Å². The van der Waals surface area contributed by atoms with Gasteiger partial charge in [-0.1, -0.05) is 0 Å². The second-order valence-corrected chi connectivity index (χ2v) is 6.89. The predicted octanol–water partition coefficient (Wildman–Crippen LogP) is 1.21. The lowest BCUT2D eigenvalue weighted by Crippen LogP contribution is -2.56. The summed E-state index contributed by atoms with van der Waals surface area (Å²) < 4.78 is 10.9. The first-order valence-electron chi connectivity index (χ1n) is 8.50. The number of amides is 2. The van der Waals surface area contributed by atoms with Gasteiger partial charge in [0.15, 0.2) is 0 Å². The maximum Gasteiger partial charge on any atom is 0.314 e. The molecule has 2 fully saturated rings. The van der Waals surface area contributed by atoms with Gasteiger partial charge in [-0.3, -0.25) is 4.90 Å². The molecule has 0 aromatic carbocycles. The molecule has 0 unspecified atom stereocenters. The van der Waals surface area contributed by atoms with Crippen LogP contribution in [0, 0.1) is 5.92 Å². The van der Waals surface area contributed by atoms with Crippen molar-refractivity contribution >= 4 is 6.03 Å². The quantitative estimate of drug-likeness (QED) is 0.628. The van der Waals surface area contributed by atoms with Crippen LogP contribution >= 0.6 is 0 Å². The van der Waals surface area contributed by atoms with Gasteiger partial charge in [0.05, 0.1) is 13.2 Å². The third-order valence-electron chi connectivity index (χ3n) is 4.35. The molecule has 1 heterocycles. The Balaban J connectivity index is 1.50. The second kappa shape index (κ2) is 8.70. The minimum absolute atomic E-state index is 0.0471. The number of carbonyl (C=O) groups excluding carboxylic acids is 1. The van der Waals surface area contributed by atoms with Gasteiger partial charge in [-0.15, -0.1) is 0 Å². The van der Waals surface area contributed by atoms with Gasteiger partial charge in [0.2, 0.25) is 0 Å². The van der Waals surface area contributed by atoms with Crippen molar-refractivity contribution in [3.63, 3.8) is 0 Å². The zero-order chi connectivity index (χ0) is 15.8. The van der Waals surface area contributed by atoms with Gasteiger partial charge in [-0.2, -0.15) is 0 Å². The molecule has 6 heteroatoms. The second-order valence-electron chi connectivity index (χ2n) is 6.89. The maximum absolute atomic E-state index is 11.8. The molecule has 0 bridgehead atoms. The van der Waals surface area contributed by atoms with E-state index in [0.717, 1.165) is 51.9 Å². The zero-order valence-electron chi connectivity index (χ0n) is 14.0. The monoisotopic (exact) mass is 313 g/mol. The van der Waals surface area contributed by atoms with Crippen LogP contribution in [0.15, 0.2) is 0 Å². The Morgan fingerprint density at radius 3 is 2.68 bits per heavy atom. The molecule has 0 aromatic rings. The van der Waals surface area contributed by atoms with Crippen molar-refractivity contribution in [2.75, 3.05) is 52.6 Å². The number of hydrogen-bond donors (Lipinski definition) is 2. The van der Waals surface area contributed by atoms with Crippen molar-refractivity contribution in [1.82, 2.24) is 15.5 Å². The van der Waals surface area contributed by atoms with E-state index in [-0.39, 0.29) is 11.6 Å².